The number of amides is 1. The molecular weight excluding hydrogens is 452 g/mol. The van der Waals surface area contributed by atoms with E-state index in [9.17, 15) is 14.9 Å². The predicted octanol–water partition coefficient (Wildman–Crippen LogP) is 4.07. The maximum absolute atomic E-state index is 12.1. The summed E-state index contributed by atoms with van der Waals surface area (Å²) in [6.45, 7) is 2.78. The van der Waals surface area contributed by atoms with Crippen molar-refractivity contribution in [2.75, 3.05) is 11.1 Å². The van der Waals surface area contributed by atoms with E-state index in [0.717, 1.165) is 11.7 Å². The second-order valence-electron chi connectivity index (χ2n) is 4.37. The molecule has 1 N–H and O–H groups in total. The lowest BCUT2D eigenvalue weighted by molar-refractivity contribution is -0.385. The van der Waals surface area contributed by atoms with Crippen molar-refractivity contribution in [2.24, 2.45) is 0 Å². The van der Waals surface area contributed by atoms with Gasteiger partial charge in [0, 0.05) is 40.0 Å². The van der Waals surface area contributed by atoms with Crippen molar-refractivity contribution in [1.29, 1.82) is 0 Å². The fraction of sp³-hybridized carbons (Fsp3) is 0.231. The second kappa shape index (κ2) is 7.93. The molecule has 1 heterocycles. The van der Waals surface area contributed by atoms with Crippen molar-refractivity contribution in [3.8, 4) is 0 Å². The molecule has 122 valence electrons. The highest BCUT2D eigenvalue weighted by atomic mass is 79.9. The molecule has 0 spiro atoms. The fourth-order valence-corrected chi connectivity index (χ4v) is 3.95. The number of carbonyl (C=O) groups is 1. The van der Waals surface area contributed by atoms with Crippen LogP contribution >= 0.6 is 43.6 Å². The SMILES string of the molecule is CCn1ccnc1SCC(=O)Nc1c(Br)cc([N+](=O)[O-])cc1Br. The average Bonchev–Trinajstić information content (AvgIpc) is 2.96. The van der Waals surface area contributed by atoms with Gasteiger partial charge in [0.1, 0.15) is 0 Å². The van der Waals surface area contributed by atoms with E-state index in [1.807, 2.05) is 17.7 Å². The zero-order valence-corrected chi connectivity index (χ0v) is 15.9. The number of thioether (sulfide) groups is 1. The maximum Gasteiger partial charge on any atom is 0.271 e. The van der Waals surface area contributed by atoms with Gasteiger partial charge in [0.25, 0.3) is 5.69 Å². The first-order chi connectivity index (χ1) is 10.9. The van der Waals surface area contributed by atoms with E-state index in [1.54, 1.807) is 6.20 Å². The predicted molar refractivity (Wildman–Crippen MR) is 95.8 cm³/mol. The number of hydrogen-bond donors (Lipinski definition) is 1. The monoisotopic (exact) mass is 462 g/mol. The van der Waals surface area contributed by atoms with Gasteiger partial charge in [-0.2, -0.15) is 0 Å². The van der Waals surface area contributed by atoms with E-state index in [-0.39, 0.29) is 17.3 Å². The molecule has 1 aromatic heterocycles. The van der Waals surface area contributed by atoms with Gasteiger partial charge in [0.05, 0.1) is 16.4 Å². The van der Waals surface area contributed by atoms with Crippen molar-refractivity contribution >= 4 is 60.9 Å². The van der Waals surface area contributed by atoms with E-state index in [4.69, 9.17) is 0 Å². The molecule has 0 aliphatic rings. The topological polar surface area (TPSA) is 90.1 Å². The largest absolute Gasteiger partial charge is 0.326 e. The smallest absolute Gasteiger partial charge is 0.271 e. The van der Waals surface area contributed by atoms with Crippen LogP contribution in [0.25, 0.3) is 0 Å². The third kappa shape index (κ3) is 4.55. The molecule has 0 radical (unpaired) electrons. The number of rotatable bonds is 6. The van der Waals surface area contributed by atoms with Crippen molar-refractivity contribution in [1.82, 2.24) is 9.55 Å². The third-order valence-corrected chi connectivity index (χ3v) is 5.11. The van der Waals surface area contributed by atoms with Gasteiger partial charge in [-0.15, -0.1) is 0 Å². The van der Waals surface area contributed by atoms with Crippen LogP contribution in [-0.2, 0) is 11.3 Å². The molecule has 0 bridgehead atoms. The number of nitrogens with zero attached hydrogens (tertiary/aromatic N) is 3. The molecule has 10 heteroatoms. The molecule has 1 amide bonds. The minimum atomic E-state index is -0.498. The first kappa shape index (κ1) is 18.0. The summed E-state index contributed by atoms with van der Waals surface area (Å²) in [5.74, 6) is -0.0386. The quantitative estimate of drug-likeness (QED) is 0.396. The molecule has 0 aliphatic carbocycles. The maximum atomic E-state index is 12.1. The lowest BCUT2D eigenvalue weighted by Crippen LogP contribution is -2.15. The number of nitrogens with one attached hydrogen (secondary N) is 1. The number of imidazole rings is 1. The summed E-state index contributed by atoms with van der Waals surface area (Å²) in [6, 6.07) is 2.69. The Hall–Kier alpha value is -1.39. The number of carbonyl (C=O) groups excluding carboxylic acids is 1. The lowest BCUT2D eigenvalue weighted by atomic mass is 10.3. The Balaban J connectivity index is 2.04. The van der Waals surface area contributed by atoms with Crippen molar-refractivity contribution in [2.45, 2.75) is 18.6 Å². The number of nitro benzene ring substituents is 1. The highest BCUT2D eigenvalue weighted by Gasteiger charge is 2.16. The molecule has 0 saturated carbocycles. The zero-order chi connectivity index (χ0) is 17.0. The van der Waals surface area contributed by atoms with Gasteiger partial charge in [-0.05, 0) is 38.8 Å². The van der Waals surface area contributed by atoms with Gasteiger partial charge in [-0.3, -0.25) is 14.9 Å². The molecule has 2 rings (SSSR count). The number of hydrogen-bond acceptors (Lipinski definition) is 5. The van der Waals surface area contributed by atoms with Crippen LogP contribution in [-0.4, -0.2) is 26.1 Å². The Morgan fingerprint density at radius 3 is 2.65 bits per heavy atom. The van der Waals surface area contributed by atoms with Gasteiger partial charge in [-0.25, -0.2) is 4.98 Å². The molecule has 7 nitrogen and oxygen atoms in total. The van der Waals surface area contributed by atoms with Crippen LogP contribution < -0.4 is 5.32 Å². The first-order valence-corrected chi connectivity index (χ1v) is 9.06. The van der Waals surface area contributed by atoms with Crippen LogP contribution in [0.2, 0.25) is 0 Å². The van der Waals surface area contributed by atoms with Crippen LogP contribution in [0.15, 0.2) is 38.6 Å². The molecule has 2 aromatic rings. The fourth-order valence-electron chi connectivity index (χ4n) is 1.77. The van der Waals surface area contributed by atoms with Crippen LogP contribution in [0.1, 0.15) is 6.92 Å². The van der Waals surface area contributed by atoms with Crippen LogP contribution in [0, 0.1) is 10.1 Å². The summed E-state index contributed by atoms with van der Waals surface area (Å²) in [7, 11) is 0. The zero-order valence-electron chi connectivity index (χ0n) is 12.0. The van der Waals surface area contributed by atoms with Gasteiger partial charge < -0.3 is 9.88 Å². The summed E-state index contributed by atoms with van der Waals surface area (Å²) < 4.78 is 2.81. The summed E-state index contributed by atoms with van der Waals surface area (Å²) in [6.07, 6.45) is 3.54. The Morgan fingerprint density at radius 2 is 2.09 bits per heavy atom. The number of halogens is 2. The molecule has 0 saturated heterocycles. The Bertz CT molecular complexity index is 728. The standard InChI is InChI=1S/C13H12Br2N4O3S/c1-2-18-4-3-16-13(18)23-7-11(20)17-12-9(14)5-8(19(21)22)6-10(12)15/h3-6H,2,7H2,1H3,(H,17,20). The van der Waals surface area contributed by atoms with Crippen molar-refractivity contribution in [3.63, 3.8) is 0 Å². The summed E-state index contributed by atoms with van der Waals surface area (Å²) in [5, 5.41) is 14.3. The highest BCUT2D eigenvalue weighted by molar-refractivity contribution is 9.11. The normalized spacial score (nSPS) is 10.6. The van der Waals surface area contributed by atoms with Crippen molar-refractivity contribution < 1.29 is 9.72 Å². The van der Waals surface area contributed by atoms with Crippen LogP contribution in [0.4, 0.5) is 11.4 Å². The molecule has 0 atom stereocenters. The van der Waals surface area contributed by atoms with E-state index in [0.29, 0.717) is 14.6 Å². The summed E-state index contributed by atoms with van der Waals surface area (Å²) >= 11 is 7.80. The minimum absolute atomic E-state index is 0.0684. The third-order valence-electron chi connectivity index (χ3n) is 2.85. The molecule has 23 heavy (non-hydrogen) atoms. The molecule has 0 aliphatic heterocycles. The van der Waals surface area contributed by atoms with E-state index in [2.05, 4.69) is 42.2 Å². The van der Waals surface area contributed by atoms with Gasteiger partial charge >= 0.3 is 0 Å². The van der Waals surface area contributed by atoms with E-state index in [1.165, 1.54) is 23.9 Å². The molecule has 0 unspecified atom stereocenters. The lowest BCUT2D eigenvalue weighted by Gasteiger charge is -2.10. The number of aryl methyl sites for hydroxylation is 1. The van der Waals surface area contributed by atoms with Gasteiger partial charge in [0.15, 0.2) is 5.16 Å². The Morgan fingerprint density at radius 1 is 1.43 bits per heavy atom. The number of anilines is 1. The average molecular weight is 464 g/mol. The van der Waals surface area contributed by atoms with Gasteiger partial charge in [0.2, 0.25) is 5.91 Å². The molecular formula is C13H12Br2N4O3S. The molecule has 1 aromatic carbocycles. The van der Waals surface area contributed by atoms with Crippen molar-refractivity contribution in [3.05, 3.63) is 43.6 Å². The van der Waals surface area contributed by atoms with Gasteiger partial charge in [-0.1, -0.05) is 11.8 Å². The van der Waals surface area contributed by atoms with Crippen LogP contribution in [0.5, 0.6) is 0 Å². The first-order valence-electron chi connectivity index (χ1n) is 6.49. The number of nitro groups is 1. The van der Waals surface area contributed by atoms with E-state index >= 15 is 0 Å². The highest BCUT2D eigenvalue weighted by Crippen LogP contribution is 2.35. The second-order valence-corrected chi connectivity index (χ2v) is 7.03. The summed E-state index contributed by atoms with van der Waals surface area (Å²) in [4.78, 5) is 26.6. The van der Waals surface area contributed by atoms with E-state index < -0.39 is 4.92 Å². The number of non-ortho nitro benzene ring substituents is 1. The summed E-state index contributed by atoms with van der Waals surface area (Å²) in [5.41, 5.74) is 0.390. The Labute approximate surface area is 153 Å². The molecule has 0 fully saturated rings. The van der Waals surface area contributed by atoms with Crippen LogP contribution in [0.3, 0.4) is 0 Å². The minimum Gasteiger partial charge on any atom is -0.326 e. The Kier molecular flexibility index (Phi) is 6.19. The number of aromatic nitrogens is 2. The number of benzene rings is 1.